The zero-order valence-electron chi connectivity index (χ0n) is 8.52. The average Bonchev–Trinajstić information content (AvgIpc) is 2.32. The largest absolute Gasteiger partial charge is 0.206 e. The van der Waals surface area contributed by atoms with E-state index in [4.69, 9.17) is 0 Å². The van der Waals surface area contributed by atoms with Crippen LogP contribution in [0.15, 0.2) is 30.3 Å². The van der Waals surface area contributed by atoms with Gasteiger partial charge in [-0.2, -0.15) is 0 Å². The zero-order valence-corrected chi connectivity index (χ0v) is 8.52. The summed E-state index contributed by atoms with van der Waals surface area (Å²) in [5, 5.41) is 1.52. The normalized spacial score (nSPS) is 11.2. The fourth-order valence-corrected chi connectivity index (χ4v) is 1.92. The second kappa shape index (κ2) is 3.48. The van der Waals surface area contributed by atoms with Crippen LogP contribution in [-0.4, -0.2) is 0 Å². The van der Waals surface area contributed by atoms with Crippen LogP contribution >= 0.6 is 0 Å². The highest BCUT2D eigenvalue weighted by molar-refractivity contribution is 6.07. The van der Waals surface area contributed by atoms with Gasteiger partial charge in [0, 0.05) is 11.5 Å². The van der Waals surface area contributed by atoms with E-state index in [0.717, 1.165) is 12.1 Å². The van der Waals surface area contributed by atoms with Crippen LogP contribution in [0, 0.1) is 29.6 Å². The molecule has 0 nitrogen and oxygen atoms in total. The molecule has 0 saturated heterocycles. The molecule has 3 rings (SSSR count). The molecule has 0 aliphatic rings. The molecule has 0 aliphatic carbocycles. The van der Waals surface area contributed by atoms with Crippen LogP contribution in [0.5, 0.6) is 0 Å². The van der Waals surface area contributed by atoms with Gasteiger partial charge < -0.3 is 0 Å². The second-order valence-corrected chi connectivity index (χ2v) is 3.72. The summed E-state index contributed by atoms with van der Waals surface area (Å²) in [5.74, 6) is -2.58. The predicted octanol–water partition coefficient (Wildman–Crippen LogP) is 4.01. The fraction of sp³-hybridized carbons (Fsp3) is 0. The van der Waals surface area contributed by atoms with Crippen molar-refractivity contribution in [3.63, 3.8) is 0 Å². The van der Waals surface area contributed by atoms with Gasteiger partial charge >= 0.3 is 0 Å². The summed E-state index contributed by atoms with van der Waals surface area (Å²) in [6.45, 7) is 0. The van der Waals surface area contributed by atoms with E-state index in [-0.39, 0.29) is 5.39 Å². The highest BCUT2D eigenvalue weighted by Gasteiger charge is 2.10. The third-order valence-electron chi connectivity index (χ3n) is 2.70. The van der Waals surface area contributed by atoms with Crippen molar-refractivity contribution >= 4 is 21.5 Å². The number of hydrogen-bond acceptors (Lipinski definition) is 0. The standard InChI is InChI=1S/C14H5F3/c15-12-5-8-6-13(16)14(17)7-11(8)9-3-1-2-4-10(9)12/h1,3-5,7H. The maximum absolute atomic E-state index is 13.7. The molecular formula is C14H5F3. The van der Waals surface area contributed by atoms with Crippen molar-refractivity contribution in [3.05, 3.63) is 59.9 Å². The van der Waals surface area contributed by atoms with Gasteiger partial charge in [0.2, 0.25) is 0 Å². The lowest BCUT2D eigenvalue weighted by atomic mass is 10.0. The molecule has 0 unspecified atom stereocenters. The van der Waals surface area contributed by atoms with E-state index in [9.17, 15) is 13.2 Å². The van der Waals surface area contributed by atoms with Crippen LogP contribution in [0.25, 0.3) is 21.5 Å². The molecule has 0 aliphatic heterocycles. The van der Waals surface area contributed by atoms with Crippen LogP contribution in [0.4, 0.5) is 13.2 Å². The molecule has 2 radical (unpaired) electrons. The maximum Gasteiger partial charge on any atom is 0.167 e. The van der Waals surface area contributed by atoms with Crippen LogP contribution in [0.1, 0.15) is 0 Å². The quantitative estimate of drug-likeness (QED) is 0.512. The van der Waals surface area contributed by atoms with E-state index < -0.39 is 17.5 Å². The number of hydrogen-bond donors (Lipinski definition) is 0. The minimum Gasteiger partial charge on any atom is -0.206 e. The molecule has 3 aromatic rings. The Kier molecular flexibility index (Phi) is 2.08. The Morgan fingerprint density at radius 3 is 2.53 bits per heavy atom. The highest BCUT2D eigenvalue weighted by Crippen LogP contribution is 2.28. The van der Waals surface area contributed by atoms with E-state index in [1.54, 1.807) is 12.1 Å². The molecule has 82 valence electrons. The molecule has 0 N–H and O–H groups in total. The van der Waals surface area contributed by atoms with Crippen molar-refractivity contribution in [2.75, 3.05) is 0 Å². The van der Waals surface area contributed by atoms with Gasteiger partial charge in [-0.15, -0.1) is 0 Å². The van der Waals surface area contributed by atoms with E-state index in [1.165, 1.54) is 6.07 Å². The minimum absolute atomic E-state index is 0.222. The Morgan fingerprint density at radius 2 is 1.71 bits per heavy atom. The lowest BCUT2D eigenvalue weighted by Crippen LogP contribution is -1.88. The molecule has 3 aromatic carbocycles. The fourth-order valence-electron chi connectivity index (χ4n) is 1.92. The average molecular weight is 230 g/mol. The van der Waals surface area contributed by atoms with E-state index in [1.807, 2.05) is 0 Å². The van der Waals surface area contributed by atoms with Gasteiger partial charge in [-0.05, 0) is 40.4 Å². The summed E-state index contributed by atoms with van der Waals surface area (Å²) in [4.78, 5) is 0. The lowest BCUT2D eigenvalue weighted by Gasteiger charge is -2.05. The Morgan fingerprint density at radius 1 is 0.882 bits per heavy atom. The van der Waals surface area contributed by atoms with Crippen LogP contribution in [-0.2, 0) is 0 Å². The molecule has 0 amide bonds. The van der Waals surface area contributed by atoms with Gasteiger partial charge in [0.05, 0.1) is 0 Å². The van der Waals surface area contributed by atoms with Gasteiger partial charge in [-0.3, -0.25) is 0 Å². The summed E-state index contributed by atoms with van der Waals surface area (Å²) in [7, 11) is 0. The first-order valence-corrected chi connectivity index (χ1v) is 4.96. The zero-order chi connectivity index (χ0) is 12.0. The number of fused-ring (bicyclic) bond motifs is 3. The lowest BCUT2D eigenvalue weighted by molar-refractivity contribution is 0.509. The van der Waals surface area contributed by atoms with Gasteiger partial charge in [0.15, 0.2) is 11.6 Å². The van der Waals surface area contributed by atoms with Crippen molar-refractivity contribution in [2.45, 2.75) is 0 Å². The molecule has 0 aromatic heterocycles. The van der Waals surface area contributed by atoms with Gasteiger partial charge in [-0.1, -0.05) is 12.1 Å². The third kappa shape index (κ3) is 1.46. The SMILES string of the molecule is Fc1[c]c2cc(F)c3c[c]ccc3c2cc1F. The number of benzene rings is 3. The third-order valence-corrected chi connectivity index (χ3v) is 2.70. The summed E-state index contributed by atoms with van der Waals surface area (Å²) in [5.41, 5.74) is 0. The van der Waals surface area contributed by atoms with E-state index >= 15 is 0 Å². The van der Waals surface area contributed by atoms with Crippen LogP contribution < -0.4 is 0 Å². The Bertz CT molecular complexity index is 732. The first-order chi connectivity index (χ1) is 8.16. The molecule has 3 heteroatoms. The summed E-state index contributed by atoms with van der Waals surface area (Å²) in [6.07, 6.45) is 0. The first kappa shape index (κ1) is 10.1. The first-order valence-electron chi connectivity index (χ1n) is 4.96. The van der Waals surface area contributed by atoms with Crippen molar-refractivity contribution in [2.24, 2.45) is 0 Å². The van der Waals surface area contributed by atoms with Gasteiger partial charge in [-0.25, -0.2) is 13.2 Å². The summed E-state index contributed by atoms with van der Waals surface area (Å²) in [6, 6.07) is 11.8. The summed E-state index contributed by atoms with van der Waals surface area (Å²) < 4.78 is 39.9. The van der Waals surface area contributed by atoms with E-state index in [0.29, 0.717) is 16.2 Å². The molecule has 0 atom stereocenters. The smallest absolute Gasteiger partial charge is 0.167 e. The van der Waals surface area contributed by atoms with Crippen LogP contribution in [0.2, 0.25) is 0 Å². The van der Waals surface area contributed by atoms with Crippen molar-refractivity contribution in [3.8, 4) is 0 Å². The van der Waals surface area contributed by atoms with Crippen LogP contribution in [0.3, 0.4) is 0 Å². The second-order valence-electron chi connectivity index (χ2n) is 3.72. The molecule has 0 spiro atoms. The predicted molar refractivity (Wildman–Crippen MR) is 59.0 cm³/mol. The molecular weight excluding hydrogens is 225 g/mol. The highest BCUT2D eigenvalue weighted by atomic mass is 19.2. The maximum atomic E-state index is 13.7. The van der Waals surface area contributed by atoms with Crippen molar-refractivity contribution in [1.29, 1.82) is 0 Å². The summed E-state index contributed by atoms with van der Waals surface area (Å²) >= 11 is 0. The number of rotatable bonds is 0. The number of halogens is 3. The van der Waals surface area contributed by atoms with Gasteiger partial charge in [0.25, 0.3) is 0 Å². The molecule has 17 heavy (non-hydrogen) atoms. The molecule has 0 bridgehead atoms. The molecule has 0 heterocycles. The molecule has 0 saturated carbocycles. The van der Waals surface area contributed by atoms with Crippen molar-refractivity contribution in [1.82, 2.24) is 0 Å². The Balaban J connectivity index is 2.59. The minimum atomic E-state index is -1.10. The topological polar surface area (TPSA) is 0 Å². The monoisotopic (exact) mass is 230 g/mol. The van der Waals surface area contributed by atoms with Crippen molar-refractivity contribution < 1.29 is 13.2 Å². The Hall–Kier alpha value is -2.03. The Labute approximate surface area is 95.3 Å². The van der Waals surface area contributed by atoms with E-state index in [2.05, 4.69) is 12.1 Å². The van der Waals surface area contributed by atoms with Gasteiger partial charge in [0.1, 0.15) is 5.82 Å². The molecule has 0 fully saturated rings.